The van der Waals surface area contributed by atoms with Crippen LogP contribution in [0, 0.1) is 0 Å². The van der Waals surface area contributed by atoms with Crippen molar-refractivity contribution in [2.75, 3.05) is 6.54 Å². The molecule has 8 nitrogen and oxygen atoms in total. The molecule has 0 aliphatic carbocycles. The molecule has 12 heteroatoms. The standard InChI is InChI=1S/C14H14ClF3N6O2/c15-7-1-2-10(9(3-7)14(16,17)18)24-12(20-21-22-24)6-23-5-8(25)4-11(23)13(19)26/h1-3,8,11,25H,4-6H2,(H2,19,26)/t8-,11-/m1/s1. The second-order valence-electron chi connectivity index (χ2n) is 5.90. The molecular weight excluding hydrogens is 377 g/mol. The molecule has 2 heterocycles. The third kappa shape index (κ3) is 3.64. The number of hydrogen-bond donors (Lipinski definition) is 2. The van der Waals surface area contributed by atoms with E-state index in [9.17, 15) is 23.1 Å². The Kier molecular flexibility index (Phi) is 4.86. The number of nitrogens with zero attached hydrogens (tertiary/aromatic N) is 5. The van der Waals surface area contributed by atoms with Gasteiger partial charge in [-0.3, -0.25) is 9.69 Å². The fourth-order valence-corrected chi connectivity index (χ4v) is 3.12. The molecule has 1 amide bonds. The van der Waals surface area contributed by atoms with Gasteiger partial charge in [-0.1, -0.05) is 11.6 Å². The van der Waals surface area contributed by atoms with Crippen molar-refractivity contribution in [1.29, 1.82) is 0 Å². The van der Waals surface area contributed by atoms with Crippen LogP contribution in [0.1, 0.15) is 17.8 Å². The van der Waals surface area contributed by atoms with Gasteiger partial charge in [0, 0.05) is 11.6 Å². The Morgan fingerprint density at radius 3 is 2.81 bits per heavy atom. The number of aromatic nitrogens is 4. The zero-order valence-electron chi connectivity index (χ0n) is 13.2. The molecule has 1 aromatic carbocycles. The van der Waals surface area contributed by atoms with Gasteiger partial charge in [-0.25, -0.2) is 0 Å². The number of amides is 1. The first-order chi connectivity index (χ1) is 12.2. The third-order valence-corrected chi connectivity index (χ3v) is 4.32. The van der Waals surface area contributed by atoms with Crippen LogP contribution >= 0.6 is 11.6 Å². The van der Waals surface area contributed by atoms with E-state index < -0.39 is 29.8 Å². The summed E-state index contributed by atoms with van der Waals surface area (Å²) in [5, 5.41) is 20.5. The Morgan fingerprint density at radius 1 is 1.42 bits per heavy atom. The van der Waals surface area contributed by atoms with E-state index in [2.05, 4.69) is 15.5 Å². The van der Waals surface area contributed by atoms with Crippen LogP contribution < -0.4 is 5.73 Å². The second-order valence-corrected chi connectivity index (χ2v) is 6.34. The maximum Gasteiger partial charge on any atom is 0.418 e. The number of β-amino-alcohol motifs (C(OH)–C–C–N with tert-alkyl or cyclic N) is 1. The summed E-state index contributed by atoms with van der Waals surface area (Å²) < 4.78 is 40.9. The maximum absolute atomic E-state index is 13.3. The Hall–Kier alpha value is -2.24. The molecule has 0 bridgehead atoms. The van der Waals surface area contributed by atoms with Gasteiger partial charge >= 0.3 is 6.18 Å². The predicted octanol–water partition coefficient (Wildman–Crippen LogP) is 0.755. The van der Waals surface area contributed by atoms with Gasteiger partial charge in [-0.15, -0.1) is 5.10 Å². The molecule has 1 fully saturated rings. The lowest BCUT2D eigenvalue weighted by atomic mass is 10.1. The highest BCUT2D eigenvalue weighted by molar-refractivity contribution is 6.30. The van der Waals surface area contributed by atoms with Crippen LogP contribution in [-0.4, -0.2) is 54.8 Å². The molecule has 3 N–H and O–H groups in total. The summed E-state index contributed by atoms with van der Waals surface area (Å²) in [4.78, 5) is 13.0. The van der Waals surface area contributed by atoms with Crippen molar-refractivity contribution in [2.45, 2.75) is 31.3 Å². The van der Waals surface area contributed by atoms with Crippen molar-refractivity contribution >= 4 is 17.5 Å². The number of hydrogen-bond acceptors (Lipinski definition) is 6. The molecule has 0 saturated carbocycles. The average Bonchev–Trinajstić information content (AvgIpc) is 3.13. The molecule has 2 aromatic rings. The van der Waals surface area contributed by atoms with Crippen LogP contribution in [0.2, 0.25) is 5.02 Å². The first kappa shape index (κ1) is 18.5. The van der Waals surface area contributed by atoms with Crippen molar-refractivity contribution in [2.24, 2.45) is 5.73 Å². The highest BCUT2D eigenvalue weighted by atomic mass is 35.5. The number of carbonyl (C=O) groups is 1. The number of aliphatic hydroxyl groups excluding tert-OH is 1. The number of likely N-dealkylation sites (tertiary alicyclic amines) is 1. The summed E-state index contributed by atoms with van der Waals surface area (Å²) in [6, 6.07) is 2.50. The maximum atomic E-state index is 13.3. The first-order valence-electron chi connectivity index (χ1n) is 7.52. The van der Waals surface area contributed by atoms with E-state index in [0.717, 1.165) is 16.8 Å². The molecule has 3 rings (SSSR count). The summed E-state index contributed by atoms with van der Waals surface area (Å²) in [5.74, 6) is -0.568. The number of carbonyl (C=O) groups excluding carboxylic acids is 1. The minimum absolute atomic E-state index is 0.0579. The van der Waals surface area contributed by atoms with Gasteiger partial charge in [-0.05, 0) is 35.0 Å². The van der Waals surface area contributed by atoms with Crippen LogP contribution in [0.3, 0.4) is 0 Å². The van der Waals surface area contributed by atoms with Gasteiger partial charge in [0.2, 0.25) is 5.91 Å². The zero-order valence-corrected chi connectivity index (χ0v) is 13.9. The van der Waals surface area contributed by atoms with Crippen LogP contribution in [0.15, 0.2) is 18.2 Å². The van der Waals surface area contributed by atoms with Gasteiger partial charge in [0.15, 0.2) is 5.82 Å². The summed E-state index contributed by atoms with van der Waals surface area (Å²) >= 11 is 5.68. The SMILES string of the molecule is NC(=O)[C@H]1C[C@@H](O)CN1Cc1nnnn1-c1ccc(Cl)cc1C(F)(F)F. The lowest BCUT2D eigenvalue weighted by Gasteiger charge is -2.21. The van der Waals surface area contributed by atoms with Crippen LogP contribution in [0.4, 0.5) is 13.2 Å². The lowest BCUT2D eigenvalue weighted by molar-refractivity contribution is -0.137. The summed E-state index contributed by atoms with van der Waals surface area (Å²) in [6.07, 6.45) is -5.28. The van der Waals surface area contributed by atoms with E-state index in [1.165, 1.54) is 11.0 Å². The van der Waals surface area contributed by atoms with Gasteiger partial charge in [-0.2, -0.15) is 17.9 Å². The number of benzene rings is 1. The molecule has 0 radical (unpaired) electrons. The highest BCUT2D eigenvalue weighted by Crippen LogP contribution is 2.35. The largest absolute Gasteiger partial charge is 0.418 e. The average molecular weight is 391 g/mol. The van der Waals surface area contributed by atoms with Crippen LogP contribution in [0.25, 0.3) is 5.69 Å². The third-order valence-electron chi connectivity index (χ3n) is 4.08. The second kappa shape index (κ2) is 6.82. The Balaban J connectivity index is 1.97. The monoisotopic (exact) mass is 390 g/mol. The molecule has 0 unspecified atom stereocenters. The number of primary amides is 1. The van der Waals surface area contributed by atoms with Gasteiger partial charge in [0.1, 0.15) is 0 Å². The fraction of sp³-hybridized carbons (Fsp3) is 0.429. The molecule has 1 aliphatic heterocycles. The minimum atomic E-state index is -4.66. The summed E-state index contributed by atoms with van der Waals surface area (Å²) in [5.41, 5.74) is 4.02. The molecule has 0 spiro atoms. The smallest absolute Gasteiger partial charge is 0.392 e. The van der Waals surface area contributed by atoms with Gasteiger partial charge in [0.25, 0.3) is 0 Å². The Labute approximate surface area is 150 Å². The molecule has 1 aliphatic rings. The van der Waals surface area contributed by atoms with Gasteiger partial charge < -0.3 is 10.8 Å². The van der Waals surface area contributed by atoms with Crippen molar-refractivity contribution in [3.8, 4) is 5.69 Å². The topological polar surface area (TPSA) is 110 Å². The van der Waals surface area contributed by atoms with Gasteiger partial charge in [0.05, 0.1) is 29.9 Å². The zero-order chi connectivity index (χ0) is 19.1. The predicted molar refractivity (Wildman–Crippen MR) is 83.2 cm³/mol. The summed E-state index contributed by atoms with van der Waals surface area (Å²) in [7, 11) is 0. The van der Waals surface area contributed by atoms with Crippen LogP contribution in [-0.2, 0) is 17.5 Å². The van der Waals surface area contributed by atoms with E-state index in [4.69, 9.17) is 17.3 Å². The number of halogens is 4. The quantitative estimate of drug-likeness (QED) is 0.797. The van der Waals surface area contributed by atoms with Crippen molar-refractivity contribution in [1.82, 2.24) is 25.1 Å². The molecule has 1 aromatic heterocycles. The number of rotatable bonds is 4. The molecule has 2 atom stereocenters. The van der Waals surface area contributed by atoms with E-state index in [1.807, 2.05) is 0 Å². The number of tetrazole rings is 1. The van der Waals surface area contributed by atoms with E-state index >= 15 is 0 Å². The number of alkyl halides is 3. The molecule has 1 saturated heterocycles. The van der Waals surface area contributed by atoms with Crippen molar-refractivity contribution in [3.05, 3.63) is 34.6 Å². The molecule has 26 heavy (non-hydrogen) atoms. The van der Waals surface area contributed by atoms with E-state index in [0.29, 0.717) is 0 Å². The highest BCUT2D eigenvalue weighted by Gasteiger charge is 2.37. The lowest BCUT2D eigenvalue weighted by Crippen LogP contribution is -2.40. The Morgan fingerprint density at radius 2 is 2.15 bits per heavy atom. The first-order valence-corrected chi connectivity index (χ1v) is 7.90. The van der Waals surface area contributed by atoms with E-state index in [1.54, 1.807) is 0 Å². The minimum Gasteiger partial charge on any atom is -0.392 e. The fourth-order valence-electron chi connectivity index (χ4n) is 2.94. The van der Waals surface area contributed by atoms with Crippen molar-refractivity contribution < 1.29 is 23.1 Å². The molecule has 140 valence electrons. The molecular formula is C14H14ClF3N6O2. The summed E-state index contributed by atoms with van der Waals surface area (Å²) in [6.45, 7) is 0.0742. The normalized spacial score (nSPS) is 21.3. The Bertz CT molecular complexity index is 827. The van der Waals surface area contributed by atoms with Crippen LogP contribution in [0.5, 0.6) is 0 Å². The van der Waals surface area contributed by atoms with Crippen molar-refractivity contribution in [3.63, 3.8) is 0 Å². The number of nitrogens with two attached hydrogens (primary N) is 1. The number of aliphatic hydroxyl groups is 1. The van der Waals surface area contributed by atoms with E-state index in [-0.39, 0.29) is 36.0 Å².